The van der Waals surface area contributed by atoms with Gasteiger partial charge in [0.25, 0.3) is 5.56 Å². The lowest BCUT2D eigenvalue weighted by atomic mass is 10.1. The van der Waals surface area contributed by atoms with E-state index in [1.165, 1.54) is 46.9 Å². The number of nitrogens with zero attached hydrogens (tertiary/aromatic N) is 2. The maximum atomic E-state index is 13.3. The number of benzene rings is 2. The van der Waals surface area contributed by atoms with Crippen molar-refractivity contribution in [2.45, 2.75) is 25.5 Å². The van der Waals surface area contributed by atoms with Crippen molar-refractivity contribution in [3.8, 4) is 0 Å². The molecule has 2 aromatic carbocycles. The zero-order chi connectivity index (χ0) is 22.0. The first-order valence-corrected chi connectivity index (χ1v) is 11.5. The van der Waals surface area contributed by atoms with E-state index in [0.717, 1.165) is 11.1 Å². The highest BCUT2D eigenvalue weighted by Gasteiger charge is 2.15. The largest absolute Gasteiger partial charge is 0.325 e. The molecule has 0 fully saturated rings. The fourth-order valence-electron chi connectivity index (χ4n) is 3.15. The van der Waals surface area contributed by atoms with Crippen molar-refractivity contribution in [1.82, 2.24) is 9.55 Å². The van der Waals surface area contributed by atoms with Crippen LogP contribution in [0.2, 0.25) is 0 Å². The Morgan fingerprint density at radius 2 is 2.00 bits per heavy atom. The zero-order valence-electron chi connectivity index (χ0n) is 17.0. The van der Waals surface area contributed by atoms with Crippen LogP contribution in [0.15, 0.2) is 63.9 Å². The Morgan fingerprint density at radius 1 is 1.16 bits per heavy atom. The van der Waals surface area contributed by atoms with Crippen molar-refractivity contribution in [3.05, 3.63) is 86.8 Å². The Kier molecular flexibility index (Phi) is 6.20. The maximum Gasteiger partial charge on any atom is 0.272 e. The highest BCUT2D eigenvalue weighted by Crippen LogP contribution is 2.22. The van der Waals surface area contributed by atoms with E-state index in [4.69, 9.17) is 0 Å². The molecular formula is C23H20FN3O2S2. The number of carbonyl (C=O) groups is 1. The van der Waals surface area contributed by atoms with Crippen LogP contribution in [0.3, 0.4) is 0 Å². The average molecular weight is 454 g/mol. The van der Waals surface area contributed by atoms with Crippen LogP contribution in [-0.4, -0.2) is 21.2 Å². The summed E-state index contributed by atoms with van der Waals surface area (Å²) in [4.78, 5) is 30.1. The van der Waals surface area contributed by atoms with Gasteiger partial charge < -0.3 is 5.32 Å². The molecule has 0 spiro atoms. The third kappa shape index (κ3) is 4.86. The van der Waals surface area contributed by atoms with Crippen molar-refractivity contribution in [1.29, 1.82) is 0 Å². The monoisotopic (exact) mass is 453 g/mol. The molecule has 1 amide bonds. The Hall–Kier alpha value is -2.97. The van der Waals surface area contributed by atoms with Crippen LogP contribution in [-0.2, 0) is 11.3 Å². The summed E-state index contributed by atoms with van der Waals surface area (Å²) in [7, 11) is 0. The van der Waals surface area contributed by atoms with Gasteiger partial charge in [0, 0.05) is 5.69 Å². The molecule has 0 aliphatic carbocycles. The molecular weight excluding hydrogens is 433 g/mol. The van der Waals surface area contributed by atoms with Crippen molar-refractivity contribution in [3.63, 3.8) is 0 Å². The molecule has 0 atom stereocenters. The minimum Gasteiger partial charge on any atom is -0.325 e. The average Bonchev–Trinajstić information content (AvgIpc) is 3.20. The van der Waals surface area contributed by atoms with Gasteiger partial charge in [0.15, 0.2) is 5.16 Å². The van der Waals surface area contributed by atoms with E-state index in [2.05, 4.69) is 16.4 Å². The Balaban J connectivity index is 1.60. The van der Waals surface area contributed by atoms with Crippen molar-refractivity contribution in [2.75, 3.05) is 11.1 Å². The van der Waals surface area contributed by atoms with Gasteiger partial charge in [-0.3, -0.25) is 14.2 Å². The molecule has 4 rings (SSSR count). The van der Waals surface area contributed by atoms with Gasteiger partial charge >= 0.3 is 0 Å². The molecule has 0 aliphatic heterocycles. The molecule has 158 valence electrons. The van der Waals surface area contributed by atoms with E-state index in [-0.39, 0.29) is 17.2 Å². The number of amides is 1. The van der Waals surface area contributed by atoms with Gasteiger partial charge in [-0.2, -0.15) is 0 Å². The van der Waals surface area contributed by atoms with Crippen molar-refractivity contribution >= 4 is 44.9 Å². The van der Waals surface area contributed by atoms with Gasteiger partial charge in [0.05, 0.1) is 17.8 Å². The van der Waals surface area contributed by atoms with E-state index in [0.29, 0.717) is 27.6 Å². The second-order valence-corrected chi connectivity index (χ2v) is 9.05. The lowest BCUT2D eigenvalue weighted by Crippen LogP contribution is -2.24. The summed E-state index contributed by atoms with van der Waals surface area (Å²) in [5.41, 5.74) is 4.23. The normalized spacial score (nSPS) is 11.1. The fraction of sp³-hybridized carbons (Fsp3) is 0.174. The number of aromatic nitrogens is 2. The minimum absolute atomic E-state index is 0.0471. The number of rotatable bonds is 6. The third-order valence-electron chi connectivity index (χ3n) is 4.88. The van der Waals surface area contributed by atoms with E-state index >= 15 is 0 Å². The third-order valence-corrected chi connectivity index (χ3v) is 6.75. The molecule has 2 aromatic heterocycles. The first-order chi connectivity index (χ1) is 14.9. The summed E-state index contributed by atoms with van der Waals surface area (Å²) in [6.45, 7) is 4.45. The maximum absolute atomic E-state index is 13.3. The topological polar surface area (TPSA) is 64.0 Å². The number of aryl methyl sites for hydroxylation is 2. The highest BCUT2D eigenvalue weighted by atomic mass is 32.2. The molecule has 0 radical (unpaired) electrons. The molecule has 2 heterocycles. The molecule has 5 nitrogen and oxygen atoms in total. The van der Waals surface area contributed by atoms with Crippen molar-refractivity contribution < 1.29 is 9.18 Å². The summed E-state index contributed by atoms with van der Waals surface area (Å²) in [6, 6.07) is 13.6. The van der Waals surface area contributed by atoms with Gasteiger partial charge in [-0.05, 0) is 60.2 Å². The van der Waals surface area contributed by atoms with Crippen LogP contribution in [0.4, 0.5) is 10.1 Å². The van der Waals surface area contributed by atoms with Crippen LogP contribution >= 0.6 is 23.1 Å². The SMILES string of the molecule is Cc1ccc(Cn2c(SCC(=O)Nc3cccc(F)c3)nc3ccsc3c2=O)cc1C. The number of anilines is 1. The summed E-state index contributed by atoms with van der Waals surface area (Å²) in [6.07, 6.45) is 0. The smallest absolute Gasteiger partial charge is 0.272 e. The van der Waals surface area contributed by atoms with Gasteiger partial charge in [0.2, 0.25) is 5.91 Å². The first-order valence-electron chi connectivity index (χ1n) is 9.63. The quantitative estimate of drug-likeness (QED) is 0.330. The predicted octanol–water partition coefficient (Wildman–Crippen LogP) is 4.99. The van der Waals surface area contributed by atoms with Crippen molar-refractivity contribution in [2.24, 2.45) is 0 Å². The second-order valence-electron chi connectivity index (χ2n) is 7.19. The predicted molar refractivity (Wildman–Crippen MR) is 125 cm³/mol. The minimum atomic E-state index is -0.419. The van der Waals surface area contributed by atoms with Crippen LogP contribution in [0.5, 0.6) is 0 Å². The van der Waals surface area contributed by atoms with E-state index < -0.39 is 5.82 Å². The van der Waals surface area contributed by atoms with Crippen LogP contribution in [0.25, 0.3) is 10.2 Å². The summed E-state index contributed by atoms with van der Waals surface area (Å²) in [5.74, 6) is -0.670. The molecule has 31 heavy (non-hydrogen) atoms. The Bertz CT molecular complexity index is 1330. The number of thioether (sulfide) groups is 1. The molecule has 0 saturated heterocycles. The summed E-state index contributed by atoms with van der Waals surface area (Å²) in [5, 5.41) is 4.98. The Labute approximate surface area is 187 Å². The molecule has 1 N–H and O–H groups in total. The number of nitrogens with one attached hydrogen (secondary N) is 1. The highest BCUT2D eigenvalue weighted by molar-refractivity contribution is 7.99. The molecule has 0 saturated carbocycles. The standard InChI is InChI=1S/C23H20FN3O2S2/c1-14-6-7-16(10-15(14)2)12-27-22(29)21-19(8-9-30-21)26-23(27)31-13-20(28)25-18-5-3-4-17(24)11-18/h3-11H,12-13H2,1-2H3,(H,25,28). The van der Waals surface area contributed by atoms with Gasteiger partial charge in [-0.1, -0.05) is 36.0 Å². The fourth-order valence-corrected chi connectivity index (χ4v) is 4.73. The molecule has 0 aliphatic rings. The van der Waals surface area contributed by atoms with Crippen LogP contribution in [0.1, 0.15) is 16.7 Å². The lowest BCUT2D eigenvalue weighted by Gasteiger charge is -2.13. The summed E-state index contributed by atoms with van der Waals surface area (Å²) < 4.78 is 15.5. The lowest BCUT2D eigenvalue weighted by molar-refractivity contribution is -0.113. The number of thiophene rings is 1. The van der Waals surface area contributed by atoms with Crippen LogP contribution < -0.4 is 10.9 Å². The van der Waals surface area contributed by atoms with Crippen LogP contribution in [0, 0.1) is 19.7 Å². The molecule has 8 heteroatoms. The Morgan fingerprint density at radius 3 is 2.77 bits per heavy atom. The van der Waals surface area contributed by atoms with E-state index in [1.807, 2.05) is 31.4 Å². The number of halogens is 1. The summed E-state index contributed by atoms with van der Waals surface area (Å²) >= 11 is 2.55. The molecule has 0 bridgehead atoms. The number of hydrogen-bond donors (Lipinski definition) is 1. The zero-order valence-corrected chi connectivity index (χ0v) is 18.6. The number of carbonyl (C=O) groups excluding carboxylic acids is 1. The molecule has 4 aromatic rings. The van der Waals surface area contributed by atoms with Gasteiger partial charge in [-0.15, -0.1) is 11.3 Å². The second kappa shape index (κ2) is 9.03. The first kappa shape index (κ1) is 21.3. The van der Waals surface area contributed by atoms with Gasteiger partial charge in [-0.25, -0.2) is 9.37 Å². The number of hydrogen-bond acceptors (Lipinski definition) is 5. The number of fused-ring (bicyclic) bond motifs is 1. The van der Waals surface area contributed by atoms with Gasteiger partial charge in [0.1, 0.15) is 10.5 Å². The van der Waals surface area contributed by atoms with E-state index in [9.17, 15) is 14.0 Å². The molecule has 0 unspecified atom stereocenters. The van der Waals surface area contributed by atoms with E-state index in [1.54, 1.807) is 16.7 Å².